The Labute approximate surface area is 279 Å². The predicted molar refractivity (Wildman–Crippen MR) is 168 cm³/mol. The maximum absolute atomic E-state index is 15.2. The monoisotopic (exact) mass is 709 g/mol. The van der Waals surface area contributed by atoms with Crippen LogP contribution in [0, 0.1) is 29.6 Å². The molecule has 10 heteroatoms. The Morgan fingerprint density at radius 3 is 1.93 bits per heavy atom. The van der Waals surface area contributed by atoms with Crippen molar-refractivity contribution in [2.75, 3.05) is 9.80 Å². The summed E-state index contributed by atoms with van der Waals surface area (Å²) in [4.78, 5) is 8.56. The van der Waals surface area contributed by atoms with Crippen molar-refractivity contribution in [1.82, 2.24) is 14.8 Å². The third kappa shape index (κ3) is 6.69. The molecule has 6 rings (SSSR count). The number of nitrogens with zero attached hydrogens (tertiary/aromatic N) is 5. The van der Waals surface area contributed by atoms with Crippen molar-refractivity contribution in [3.8, 4) is 17.2 Å². The molecule has 0 saturated carbocycles. The van der Waals surface area contributed by atoms with Crippen LogP contribution in [0.1, 0.15) is 20.8 Å². The van der Waals surface area contributed by atoms with E-state index < -0.39 is 34.4 Å². The fourth-order valence-electron chi connectivity index (χ4n) is 4.99. The SMILES string of the molecule is CC(C)(C)N(c1[c-]c(Oc2[c-]c(-n3cccn3)c(F)c(F)c2F)cc(N(c2ccccc2)c2ccccc2)c1)c1ccccn1.[Pd+2]. The molecular weight excluding hydrogens is 682 g/mol. The number of anilines is 5. The van der Waals surface area contributed by atoms with Crippen LogP contribution in [0.3, 0.4) is 0 Å². The minimum Gasteiger partial charge on any atom is -0.506 e. The van der Waals surface area contributed by atoms with Gasteiger partial charge < -0.3 is 14.5 Å². The fourth-order valence-corrected chi connectivity index (χ4v) is 4.99. The summed E-state index contributed by atoms with van der Waals surface area (Å²) in [6.45, 7) is 6.07. The quantitative estimate of drug-likeness (QED) is 0.0896. The van der Waals surface area contributed by atoms with E-state index in [2.05, 4.69) is 22.2 Å². The topological polar surface area (TPSA) is 46.4 Å². The molecule has 0 aliphatic rings. The van der Waals surface area contributed by atoms with E-state index in [0.29, 0.717) is 17.2 Å². The third-order valence-corrected chi connectivity index (χ3v) is 6.86. The minimum atomic E-state index is -1.70. The smallest absolute Gasteiger partial charge is 0.506 e. The van der Waals surface area contributed by atoms with Gasteiger partial charge in [0.2, 0.25) is 0 Å². The summed E-state index contributed by atoms with van der Waals surface area (Å²) in [7, 11) is 0. The molecule has 0 radical (unpaired) electrons. The zero-order valence-corrected chi connectivity index (χ0v) is 26.6. The van der Waals surface area contributed by atoms with E-state index in [9.17, 15) is 8.78 Å². The first-order valence-corrected chi connectivity index (χ1v) is 14.2. The molecule has 4 aromatic carbocycles. The molecule has 0 fully saturated rings. The maximum atomic E-state index is 15.2. The summed E-state index contributed by atoms with van der Waals surface area (Å²) in [6, 6.07) is 35.8. The van der Waals surface area contributed by atoms with Crippen LogP contribution in [0.15, 0.2) is 116 Å². The van der Waals surface area contributed by atoms with Crippen LogP contribution in [0.25, 0.3) is 5.69 Å². The van der Waals surface area contributed by atoms with Gasteiger partial charge in [-0.1, -0.05) is 53.8 Å². The molecule has 0 aliphatic carbocycles. The summed E-state index contributed by atoms with van der Waals surface area (Å²) in [6.07, 6.45) is 4.48. The molecule has 0 atom stereocenters. The number of aromatic nitrogens is 3. The molecule has 0 saturated heterocycles. The molecule has 2 heterocycles. The molecule has 0 unspecified atom stereocenters. The Bertz CT molecular complexity index is 1860. The Morgan fingerprint density at radius 2 is 1.37 bits per heavy atom. The number of halogens is 3. The Hall–Kier alpha value is -4.91. The van der Waals surface area contributed by atoms with Gasteiger partial charge in [-0.05, 0) is 68.9 Å². The second-order valence-corrected chi connectivity index (χ2v) is 11.1. The van der Waals surface area contributed by atoms with E-state index in [4.69, 9.17) is 4.74 Å². The predicted octanol–water partition coefficient (Wildman–Crippen LogP) is 9.48. The van der Waals surface area contributed by atoms with E-state index in [-0.39, 0.29) is 26.2 Å². The van der Waals surface area contributed by atoms with Gasteiger partial charge in [0.1, 0.15) is 5.82 Å². The minimum absolute atomic E-state index is 0. The van der Waals surface area contributed by atoms with Crippen LogP contribution in [-0.2, 0) is 20.4 Å². The van der Waals surface area contributed by atoms with Crippen LogP contribution >= 0.6 is 0 Å². The van der Waals surface area contributed by atoms with E-state index in [1.807, 2.05) is 116 Å². The molecular formula is C36H28F3N5OPd. The summed E-state index contributed by atoms with van der Waals surface area (Å²) < 4.78 is 51.9. The summed E-state index contributed by atoms with van der Waals surface area (Å²) in [5, 5.41) is 3.94. The first-order chi connectivity index (χ1) is 21.7. The molecule has 46 heavy (non-hydrogen) atoms. The average Bonchev–Trinajstić information content (AvgIpc) is 3.57. The van der Waals surface area contributed by atoms with Gasteiger partial charge >= 0.3 is 20.4 Å². The second-order valence-electron chi connectivity index (χ2n) is 11.1. The molecule has 6 aromatic rings. The van der Waals surface area contributed by atoms with E-state index in [0.717, 1.165) is 16.1 Å². The average molecular weight is 710 g/mol. The number of hydrogen-bond donors (Lipinski definition) is 0. The summed E-state index contributed by atoms with van der Waals surface area (Å²) in [5.41, 5.74) is 1.94. The molecule has 0 spiro atoms. The van der Waals surface area contributed by atoms with Crippen LogP contribution in [-0.4, -0.2) is 20.3 Å². The van der Waals surface area contributed by atoms with Gasteiger partial charge in [-0.2, -0.15) is 5.10 Å². The Balaban J connectivity index is 0.00000417. The van der Waals surface area contributed by atoms with E-state index in [1.165, 1.54) is 18.5 Å². The molecule has 0 amide bonds. The van der Waals surface area contributed by atoms with E-state index in [1.54, 1.807) is 12.3 Å². The zero-order chi connectivity index (χ0) is 31.6. The maximum Gasteiger partial charge on any atom is 2.00 e. The number of para-hydroxylation sites is 2. The molecule has 234 valence electrons. The number of hydrogen-bond acceptors (Lipinski definition) is 5. The molecule has 0 N–H and O–H groups in total. The van der Waals surface area contributed by atoms with Crippen molar-refractivity contribution < 1.29 is 38.3 Å². The molecule has 6 nitrogen and oxygen atoms in total. The van der Waals surface area contributed by atoms with Gasteiger partial charge in [0.05, 0.1) is 23.2 Å². The number of pyridine rings is 1. The van der Waals surface area contributed by atoms with Crippen LogP contribution < -0.4 is 14.5 Å². The first-order valence-electron chi connectivity index (χ1n) is 14.2. The molecule has 0 bridgehead atoms. The Morgan fingerprint density at radius 1 is 0.717 bits per heavy atom. The normalized spacial score (nSPS) is 11.1. The second kappa shape index (κ2) is 13.6. The van der Waals surface area contributed by atoms with Gasteiger partial charge in [-0.3, -0.25) is 13.5 Å². The Kier molecular flexibility index (Phi) is 9.61. The number of ether oxygens (including phenoxy) is 1. The fraction of sp³-hybridized carbons (Fsp3) is 0.111. The van der Waals surface area contributed by atoms with Crippen molar-refractivity contribution in [1.29, 1.82) is 0 Å². The molecule has 2 aromatic heterocycles. The van der Waals surface area contributed by atoms with Gasteiger partial charge in [0, 0.05) is 41.3 Å². The standard InChI is InChI=1S/C36H28F3N5O.Pd/c1-36(2,3)44(32-17-10-11-18-40-32)28-21-27(43(25-13-6-4-7-14-25)26-15-8-5-9-16-26)22-29(23-28)45-31-24-30(42-20-12-19-41-42)33(37)35(39)34(31)38;/h4-22H,1-3H3;/q-2;+2. The van der Waals surface area contributed by atoms with Crippen molar-refractivity contribution in [3.05, 3.63) is 145 Å². The number of benzene rings is 4. The van der Waals surface area contributed by atoms with E-state index >= 15 is 4.39 Å². The van der Waals surface area contributed by atoms with Crippen LogP contribution in [0.4, 0.5) is 41.7 Å². The number of rotatable bonds is 8. The van der Waals surface area contributed by atoms with Gasteiger partial charge in [0.25, 0.3) is 0 Å². The summed E-state index contributed by atoms with van der Waals surface area (Å²) in [5.74, 6) is -4.63. The van der Waals surface area contributed by atoms with Crippen LogP contribution in [0.2, 0.25) is 0 Å². The van der Waals surface area contributed by atoms with Gasteiger partial charge in [-0.25, -0.2) is 9.37 Å². The zero-order valence-electron chi connectivity index (χ0n) is 25.1. The van der Waals surface area contributed by atoms with Crippen molar-refractivity contribution in [2.24, 2.45) is 0 Å². The third-order valence-electron chi connectivity index (χ3n) is 6.86. The van der Waals surface area contributed by atoms with Gasteiger partial charge in [0.15, 0.2) is 0 Å². The molecule has 0 aliphatic heterocycles. The summed E-state index contributed by atoms with van der Waals surface area (Å²) >= 11 is 0. The largest absolute Gasteiger partial charge is 2.00 e. The van der Waals surface area contributed by atoms with Gasteiger partial charge in [-0.15, -0.1) is 24.3 Å². The van der Waals surface area contributed by atoms with Crippen molar-refractivity contribution in [3.63, 3.8) is 0 Å². The van der Waals surface area contributed by atoms with Crippen LogP contribution in [0.5, 0.6) is 11.5 Å². The first kappa shape index (κ1) is 32.5. The van der Waals surface area contributed by atoms with Crippen molar-refractivity contribution in [2.45, 2.75) is 26.3 Å². The van der Waals surface area contributed by atoms with Crippen molar-refractivity contribution >= 4 is 28.6 Å².